The molecule has 4 atom stereocenters. The first kappa shape index (κ1) is 16.3. The fraction of sp³-hybridized carbons (Fsp3) is 0.429. The maximum Gasteiger partial charge on any atom is 0.251 e. The molecule has 1 aliphatic heterocycles. The minimum absolute atomic E-state index is 0.00516. The van der Waals surface area contributed by atoms with Gasteiger partial charge in [0.05, 0.1) is 24.6 Å². The molecule has 0 spiro atoms. The molecule has 2 aliphatic carbocycles. The van der Waals surface area contributed by atoms with E-state index in [9.17, 15) is 4.79 Å². The van der Waals surface area contributed by atoms with Gasteiger partial charge in [0.15, 0.2) is 0 Å². The number of aryl methyl sites for hydroxylation is 1. The highest BCUT2D eigenvalue weighted by molar-refractivity contribution is 6.04. The number of pyridine rings is 1. The number of nitrogens with zero attached hydrogens (tertiary/aromatic N) is 1. The lowest BCUT2D eigenvalue weighted by atomic mass is 9.69. The summed E-state index contributed by atoms with van der Waals surface area (Å²) in [6, 6.07) is 3.74. The Hall–Kier alpha value is -2.20. The summed E-state index contributed by atoms with van der Waals surface area (Å²) in [7, 11) is 0. The third kappa shape index (κ3) is 3.31. The van der Waals surface area contributed by atoms with Crippen molar-refractivity contribution in [1.82, 2.24) is 4.98 Å². The highest BCUT2D eigenvalue weighted by Gasteiger charge is 2.38. The lowest BCUT2D eigenvalue weighted by molar-refractivity contribution is -0.113. The Morgan fingerprint density at radius 1 is 1.24 bits per heavy atom. The van der Waals surface area contributed by atoms with Gasteiger partial charge in [0.25, 0.3) is 5.91 Å². The first-order valence-electron chi connectivity index (χ1n) is 9.09. The standard InChI is InChI=1S/C21H24N2O2/c1-14-20(7-4-10-22-14)23-21(24)15-8-9-19-17(11-15)13-25-12-16-5-2-3-6-18(16)19/h2-7,10-11,16-19H,8-9,12-13H2,1H3,(H,23,24). The van der Waals surface area contributed by atoms with Gasteiger partial charge in [-0.25, -0.2) is 0 Å². The Bertz CT molecular complexity index is 750. The van der Waals surface area contributed by atoms with E-state index in [-0.39, 0.29) is 5.91 Å². The van der Waals surface area contributed by atoms with Gasteiger partial charge >= 0.3 is 0 Å². The van der Waals surface area contributed by atoms with Crippen LogP contribution in [0, 0.1) is 30.6 Å². The average molecular weight is 336 g/mol. The number of fused-ring (bicyclic) bond motifs is 3. The van der Waals surface area contributed by atoms with Gasteiger partial charge in [-0.3, -0.25) is 9.78 Å². The predicted octanol–water partition coefficient (Wildman–Crippen LogP) is 3.67. The van der Waals surface area contributed by atoms with Crippen molar-refractivity contribution in [3.63, 3.8) is 0 Å². The SMILES string of the molecule is Cc1ncccc1NC(=O)C1=CC2COCC3C=CC=CC3C2CC1. The molecular weight excluding hydrogens is 312 g/mol. The van der Waals surface area contributed by atoms with Gasteiger partial charge in [0, 0.05) is 23.6 Å². The van der Waals surface area contributed by atoms with Crippen LogP contribution in [0.4, 0.5) is 5.69 Å². The Kier molecular flexibility index (Phi) is 4.53. The van der Waals surface area contributed by atoms with E-state index in [1.54, 1.807) is 6.20 Å². The summed E-state index contributed by atoms with van der Waals surface area (Å²) in [6.07, 6.45) is 14.6. The summed E-state index contributed by atoms with van der Waals surface area (Å²) in [4.78, 5) is 16.9. The molecule has 1 aromatic rings. The zero-order valence-corrected chi connectivity index (χ0v) is 14.5. The maximum absolute atomic E-state index is 12.7. The molecule has 0 saturated carbocycles. The third-order valence-corrected chi connectivity index (χ3v) is 5.67. The van der Waals surface area contributed by atoms with Gasteiger partial charge in [-0.15, -0.1) is 0 Å². The van der Waals surface area contributed by atoms with E-state index in [1.807, 2.05) is 19.1 Å². The molecule has 1 fully saturated rings. The van der Waals surface area contributed by atoms with E-state index in [0.29, 0.717) is 30.3 Å². The number of hydrogen-bond donors (Lipinski definition) is 1. The molecule has 1 N–H and O–H groups in total. The minimum Gasteiger partial charge on any atom is -0.380 e. The Balaban J connectivity index is 1.51. The molecule has 0 aromatic carbocycles. The molecule has 1 aromatic heterocycles. The number of amides is 1. The normalized spacial score (nSPS) is 30.7. The van der Waals surface area contributed by atoms with E-state index in [1.165, 1.54) is 0 Å². The van der Waals surface area contributed by atoms with Crippen molar-refractivity contribution < 1.29 is 9.53 Å². The second-order valence-electron chi connectivity index (χ2n) is 7.20. The van der Waals surface area contributed by atoms with Crippen LogP contribution < -0.4 is 5.32 Å². The maximum atomic E-state index is 12.7. The molecule has 3 aliphatic rings. The second kappa shape index (κ2) is 6.96. The summed E-state index contributed by atoms with van der Waals surface area (Å²) < 4.78 is 5.93. The van der Waals surface area contributed by atoms with Gasteiger partial charge in [-0.1, -0.05) is 30.4 Å². The van der Waals surface area contributed by atoms with Crippen molar-refractivity contribution in [2.75, 3.05) is 18.5 Å². The molecule has 1 amide bonds. The van der Waals surface area contributed by atoms with Crippen LogP contribution in [0.1, 0.15) is 18.5 Å². The molecule has 2 heterocycles. The number of allylic oxidation sites excluding steroid dienone is 3. The molecule has 0 bridgehead atoms. The third-order valence-electron chi connectivity index (χ3n) is 5.67. The number of carbonyl (C=O) groups excluding carboxylic acids is 1. The lowest BCUT2D eigenvalue weighted by Crippen LogP contribution is -2.31. The summed E-state index contributed by atoms with van der Waals surface area (Å²) in [5.41, 5.74) is 2.50. The zero-order chi connectivity index (χ0) is 17.2. The van der Waals surface area contributed by atoms with Crippen LogP contribution in [0.5, 0.6) is 0 Å². The number of aromatic nitrogens is 1. The summed E-state index contributed by atoms with van der Waals surface area (Å²) in [5, 5.41) is 3.01. The van der Waals surface area contributed by atoms with Crippen LogP contribution in [-0.2, 0) is 9.53 Å². The van der Waals surface area contributed by atoms with Gasteiger partial charge < -0.3 is 10.1 Å². The van der Waals surface area contributed by atoms with Crippen LogP contribution in [0.15, 0.2) is 54.3 Å². The first-order valence-corrected chi connectivity index (χ1v) is 9.09. The minimum atomic E-state index is -0.00516. The predicted molar refractivity (Wildman–Crippen MR) is 98.0 cm³/mol. The van der Waals surface area contributed by atoms with Gasteiger partial charge in [-0.2, -0.15) is 0 Å². The summed E-state index contributed by atoms with van der Waals surface area (Å²) >= 11 is 0. The van der Waals surface area contributed by atoms with Crippen LogP contribution in [0.3, 0.4) is 0 Å². The molecule has 1 saturated heterocycles. The van der Waals surface area contributed by atoms with Crippen molar-refractivity contribution in [1.29, 1.82) is 0 Å². The van der Waals surface area contributed by atoms with E-state index >= 15 is 0 Å². The van der Waals surface area contributed by atoms with Crippen LogP contribution in [0.2, 0.25) is 0 Å². The van der Waals surface area contributed by atoms with E-state index in [0.717, 1.165) is 36.4 Å². The van der Waals surface area contributed by atoms with Crippen molar-refractivity contribution >= 4 is 11.6 Å². The first-order chi connectivity index (χ1) is 12.2. The van der Waals surface area contributed by atoms with Crippen molar-refractivity contribution in [3.05, 3.63) is 60.0 Å². The molecule has 4 nitrogen and oxygen atoms in total. The van der Waals surface area contributed by atoms with Gasteiger partial charge in [0.1, 0.15) is 0 Å². The van der Waals surface area contributed by atoms with Crippen LogP contribution in [0.25, 0.3) is 0 Å². The second-order valence-corrected chi connectivity index (χ2v) is 7.20. The Morgan fingerprint density at radius 2 is 2.08 bits per heavy atom. The fourth-order valence-corrected chi connectivity index (χ4v) is 4.30. The highest BCUT2D eigenvalue weighted by atomic mass is 16.5. The number of ether oxygens (including phenoxy) is 1. The summed E-state index contributed by atoms with van der Waals surface area (Å²) in [6.45, 7) is 3.40. The number of hydrogen-bond acceptors (Lipinski definition) is 3. The number of carbonyl (C=O) groups is 1. The van der Waals surface area contributed by atoms with Gasteiger partial charge in [-0.05, 0) is 43.7 Å². The monoisotopic (exact) mass is 336 g/mol. The number of rotatable bonds is 2. The average Bonchev–Trinajstić information content (AvgIpc) is 2.82. The zero-order valence-electron chi connectivity index (χ0n) is 14.5. The van der Waals surface area contributed by atoms with Gasteiger partial charge in [0.2, 0.25) is 0 Å². The van der Waals surface area contributed by atoms with Crippen LogP contribution >= 0.6 is 0 Å². The fourth-order valence-electron chi connectivity index (χ4n) is 4.30. The smallest absolute Gasteiger partial charge is 0.251 e. The number of nitrogens with one attached hydrogen (secondary N) is 1. The van der Waals surface area contributed by atoms with Crippen molar-refractivity contribution in [2.24, 2.45) is 23.7 Å². The van der Waals surface area contributed by atoms with E-state index in [4.69, 9.17) is 4.74 Å². The highest BCUT2D eigenvalue weighted by Crippen LogP contribution is 2.42. The lowest BCUT2D eigenvalue weighted by Gasteiger charge is -2.35. The Morgan fingerprint density at radius 3 is 2.96 bits per heavy atom. The molecule has 4 rings (SSSR count). The van der Waals surface area contributed by atoms with E-state index in [2.05, 4.69) is 40.7 Å². The van der Waals surface area contributed by atoms with E-state index < -0.39 is 0 Å². The molecule has 4 heteroatoms. The molecule has 130 valence electrons. The molecular formula is C21H24N2O2. The largest absolute Gasteiger partial charge is 0.380 e. The molecule has 25 heavy (non-hydrogen) atoms. The topological polar surface area (TPSA) is 51.2 Å². The van der Waals surface area contributed by atoms with Crippen LogP contribution in [-0.4, -0.2) is 24.1 Å². The van der Waals surface area contributed by atoms with Crippen molar-refractivity contribution in [2.45, 2.75) is 19.8 Å². The number of anilines is 1. The summed E-state index contributed by atoms with van der Waals surface area (Å²) in [5.74, 6) is 1.87. The Labute approximate surface area is 148 Å². The molecule has 0 radical (unpaired) electrons. The molecule has 4 unspecified atom stereocenters. The van der Waals surface area contributed by atoms with Crippen molar-refractivity contribution in [3.8, 4) is 0 Å². The quantitative estimate of drug-likeness (QED) is 0.896.